The molecular formula is C13H17N5O2. The number of hydrogen-bond acceptors (Lipinski definition) is 4. The van der Waals surface area contributed by atoms with Gasteiger partial charge in [-0.2, -0.15) is 10.1 Å². The Morgan fingerprint density at radius 3 is 2.65 bits per heavy atom. The highest BCUT2D eigenvalue weighted by Crippen LogP contribution is 2.12. The van der Waals surface area contributed by atoms with E-state index < -0.39 is 0 Å². The average Bonchev–Trinajstić information content (AvgIpc) is 2.66. The van der Waals surface area contributed by atoms with E-state index in [0.29, 0.717) is 17.3 Å². The third-order valence-corrected chi connectivity index (χ3v) is 2.84. The molecule has 7 nitrogen and oxygen atoms in total. The van der Waals surface area contributed by atoms with Crippen molar-refractivity contribution in [1.82, 2.24) is 19.7 Å². The Balaban J connectivity index is 2.30. The summed E-state index contributed by atoms with van der Waals surface area (Å²) in [4.78, 5) is 30.5. The molecule has 0 spiro atoms. The molecule has 2 aromatic heterocycles. The van der Waals surface area contributed by atoms with Gasteiger partial charge in [0.05, 0.1) is 0 Å². The van der Waals surface area contributed by atoms with E-state index in [1.54, 1.807) is 20.0 Å². The van der Waals surface area contributed by atoms with Crippen LogP contribution in [0.3, 0.4) is 0 Å². The second kappa shape index (κ2) is 5.28. The molecule has 0 atom stereocenters. The summed E-state index contributed by atoms with van der Waals surface area (Å²) in [6.45, 7) is 5.62. The van der Waals surface area contributed by atoms with Crippen LogP contribution in [-0.2, 0) is 7.05 Å². The topological polar surface area (TPSA) is 92.7 Å². The van der Waals surface area contributed by atoms with Crippen LogP contribution < -0.4 is 10.9 Å². The Hall–Kier alpha value is -2.44. The minimum Gasteiger partial charge on any atom is -0.326 e. The monoisotopic (exact) mass is 275 g/mol. The van der Waals surface area contributed by atoms with Crippen LogP contribution in [-0.4, -0.2) is 25.7 Å². The molecule has 0 bridgehead atoms. The summed E-state index contributed by atoms with van der Waals surface area (Å²) >= 11 is 0. The average molecular weight is 275 g/mol. The molecule has 1 amide bonds. The largest absolute Gasteiger partial charge is 0.326 e. The van der Waals surface area contributed by atoms with Crippen molar-refractivity contribution in [3.63, 3.8) is 0 Å². The minimum atomic E-state index is -0.381. The number of carbonyl (C=O) groups is 1. The maximum atomic E-state index is 12.2. The van der Waals surface area contributed by atoms with Gasteiger partial charge in [0, 0.05) is 24.4 Å². The van der Waals surface area contributed by atoms with Crippen LogP contribution in [0.1, 0.15) is 41.6 Å². The molecule has 0 saturated carbocycles. The standard InChI is InChI=1S/C13H17N5O2/c1-7(2)10-5-9(6-11(19)15-10)12(20)16-13-14-8(3)17-18(13)4/h5-7H,1-4H3,(H,15,19)(H,14,16,17,20). The molecule has 0 saturated heterocycles. The van der Waals surface area contributed by atoms with Gasteiger partial charge in [0.25, 0.3) is 5.91 Å². The van der Waals surface area contributed by atoms with Crippen LogP contribution in [0.5, 0.6) is 0 Å². The van der Waals surface area contributed by atoms with Gasteiger partial charge < -0.3 is 4.98 Å². The minimum absolute atomic E-state index is 0.132. The van der Waals surface area contributed by atoms with Crippen LogP contribution in [0.4, 0.5) is 5.95 Å². The van der Waals surface area contributed by atoms with Crippen molar-refractivity contribution >= 4 is 11.9 Å². The Bertz CT molecular complexity index is 699. The van der Waals surface area contributed by atoms with Crippen molar-refractivity contribution in [3.8, 4) is 0 Å². The number of aromatic amines is 1. The lowest BCUT2D eigenvalue weighted by Crippen LogP contribution is -2.19. The van der Waals surface area contributed by atoms with Gasteiger partial charge >= 0.3 is 0 Å². The number of hydrogen-bond donors (Lipinski definition) is 2. The van der Waals surface area contributed by atoms with Crippen LogP contribution in [0.25, 0.3) is 0 Å². The SMILES string of the molecule is Cc1nc(NC(=O)c2cc(C(C)C)[nH]c(=O)c2)n(C)n1. The van der Waals surface area contributed by atoms with Crippen molar-refractivity contribution in [2.24, 2.45) is 7.05 Å². The van der Waals surface area contributed by atoms with Gasteiger partial charge in [-0.1, -0.05) is 13.8 Å². The number of rotatable bonds is 3. The van der Waals surface area contributed by atoms with Gasteiger partial charge in [-0.3, -0.25) is 14.9 Å². The number of anilines is 1. The van der Waals surface area contributed by atoms with E-state index in [1.165, 1.54) is 10.7 Å². The zero-order valence-corrected chi connectivity index (χ0v) is 11.9. The summed E-state index contributed by atoms with van der Waals surface area (Å²) in [5.41, 5.74) is 0.727. The molecule has 2 N–H and O–H groups in total. The third-order valence-electron chi connectivity index (χ3n) is 2.84. The number of H-pyrrole nitrogens is 1. The van der Waals surface area contributed by atoms with Gasteiger partial charge in [-0.15, -0.1) is 0 Å². The molecule has 20 heavy (non-hydrogen) atoms. The highest BCUT2D eigenvalue weighted by Gasteiger charge is 2.13. The van der Waals surface area contributed by atoms with E-state index in [1.807, 2.05) is 13.8 Å². The second-order valence-corrected chi connectivity index (χ2v) is 4.90. The number of nitrogens with one attached hydrogen (secondary N) is 2. The normalized spacial score (nSPS) is 10.8. The molecule has 106 valence electrons. The van der Waals surface area contributed by atoms with Crippen LogP contribution >= 0.6 is 0 Å². The molecule has 0 fully saturated rings. The van der Waals surface area contributed by atoms with Gasteiger partial charge in [0.15, 0.2) is 0 Å². The highest BCUT2D eigenvalue weighted by molar-refractivity contribution is 6.03. The molecule has 0 unspecified atom stereocenters. The summed E-state index contributed by atoms with van der Waals surface area (Å²) < 4.78 is 1.48. The van der Waals surface area contributed by atoms with Crippen LogP contribution in [0, 0.1) is 6.92 Å². The van der Waals surface area contributed by atoms with Gasteiger partial charge in [0.1, 0.15) is 5.82 Å². The van der Waals surface area contributed by atoms with E-state index in [2.05, 4.69) is 20.4 Å². The lowest BCUT2D eigenvalue weighted by molar-refractivity contribution is 0.102. The number of carbonyl (C=O) groups excluding carboxylic acids is 1. The molecule has 2 rings (SSSR count). The Labute approximate surface area is 116 Å². The molecule has 2 heterocycles. The predicted octanol–water partition coefficient (Wildman–Crippen LogP) is 1.19. The smallest absolute Gasteiger partial charge is 0.258 e. The number of aryl methyl sites for hydroxylation is 2. The fourth-order valence-electron chi connectivity index (χ4n) is 1.80. The first-order valence-corrected chi connectivity index (χ1v) is 6.30. The number of aromatic nitrogens is 4. The van der Waals surface area contributed by atoms with Crippen molar-refractivity contribution in [3.05, 3.63) is 39.6 Å². The quantitative estimate of drug-likeness (QED) is 0.880. The molecular weight excluding hydrogens is 258 g/mol. The lowest BCUT2D eigenvalue weighted by atomic mass is 10.1. The van der Waals surface area contributed by atoms with Crippen molar-refractivity contribution in [2.75, 3.05) is 5.32 Å². The van der Waals surface area contributed by atoms with Crippen molar-refractivity contribution < 1.29 is 4.79 Å². The number of nitrogens with zero attached hydrogens (tertiary/aromatic N) is 3. The fraction of sp³-hybridized carbons (Fsp3) is 0.385. The number of pyridine rings is 1. The summed E-state index contributed by atoms with van der Waals surface area (Å²) in [6, 6.07) is 2.94. The molecule has 0 aliphatic rings. The lowest BCUT2D eigenvalue weighted by Gasteiger charge is -2.08. The van der Waals surface area contributed by atoms with Crippen LogP contribution in [0.2, 0.25) is 0 Å². The van der Waals surface area contributed by atoms with E-state index in [4.69, 9.17) is 0 Å². The highest BCUT2D eigenvalue weighted by atomic mass is 16.2. The van der Waals surface area contributed by atoms with E-state index >= 15 is 0 Å². The molecule has 7 heteroatoms. The zero-order valence-electron chi connectivity index (χ0n) is 11.9. The van der Waals surface area contributed by atoms with Gasteiger partial charge in [-0.25, -0.2) is 4.68 Å². The summed E-state index contributed by atoms with van der Waals surface area (Å²) in [5, 5.41) is 6.68. The van der Waals surface area contributed by atoms with E-state index in [-0.39, 0.29) is 17.4 Å². The first-order valence-electron chi connectivity index (χ1n) is 6.30. The van der Waals surface area contributed by atoms with E-state index in [0.717, 1.165) is 5.69 Å². The molecule has 0 radical (unpaired) electrons. The zero-order chi connectivity index (χ0) is 14.9. The molecule has 2 aromatic rings. The third kappa shape index (κ3) is 2.93. The van der Waals surface area contributed by atoms with Crippen LogP contribution in [0.15, 0.2) is 16.9 Å². The fourth-order valence-corrected chi connectivity index (χ4v) is 1.80. The summed E-state index contributed by atoms with van der Waals surface area (Å²) in [5.74, 6) is 0.663. The second-order valence-electron chi connectivity index (χ2n) is 4.90. The maximum absolute atomic E-state index is 12.2. The number of amides is 1. The van der Waals surface area contributed by atoms with Gasteiger partial charge in [0.2, 0.25) is 11.5 Å². The first kappa shape index (κ1) is 14.0. The van der Waals surface area contributed by atoms with Crippen molar-refractivity contribution in [1.29, 1.82) is 0 Å². The molecule has 0 aliphatic heterocycles. The Kier molecular flexibility index (Phi) is 3.69. The Morgan fingerprint density at radius 1 is 1.40 bits per heavy atom. The predicted molar refractivity (Wildman–Crippen MR) is 74.8 cm³/mol. The molecule has 0 aliphatic carbocycles. The van der Waals surface area contributed by atoms with E-state index in [9.17, 15) is 9.59 Å². The summed E-state index contributed by atoms with van der Waals surface area (Å²) in [7, 11) is 1.69. The maximum Gasteiger partial charge on any atom is 0.258 e. The summed E-state index contributed by atoms with van der Waals surface area (Å²) in [6.07, 6.45) is 0. The van der Waals surface area contributed by atoms with Gasteiger partial charge in [-0.05, 0) is 18.9 Å². The van der Waals surface area contributed by atoms with Crippen molar-refractivity contribution in [2.45, 2.75) is 26.7 Å². The first-order chi connectivity index (χ1) is 9.36. The molecule has 0 aromatic carbocycles. The Morgan fingerprint density at radius 2 is 2.10 bits per heavy atom.